The van der Waals surface area contributed by atoms with Crippen molar-refractivity contribution in [2.75, 3.05) is 7.11 Å². The number of imidazole rings is 1. The molecule has 4 aromatic carbocycles. The topological polar surface area (TPSA) is 73.4 Å². The number of rotatable bonds is 13. The van der Waals surface area contributed by atoms with Gasteiger partial charge in [0.2, 0.25) is 0 Å². The summed E-state index contributed by atoms with van der Waals surface area (Å²) in [5.74, 6) is 1.73. The second-order valence-corrected chi connectivity index (χ2v) is 10.3. The number of nitrogens with zero attached hydrogens (tertiary/aromatic N) is 4. The van der Waals surface area contributed by atoms with E-state index in [-0.39, 0.29) is 10.6 Å². The van der Waals surface area contributed by atoms with Crippen LogP contribution in [0.4, 0.5) is 5.69 Å². The van der Waals surface area contributed by atoms with Crippen LogP contribution >= 0.6 is 0 Å². The molecular formula is C35H36N4O3. The lowest BCUT2D eigenvalue weighted by Crippen LogP contribution is -2.25. The predicted octanol–water partition coefficient (Wildman–Crippen LogP) is 8.14. The van der Waals surface area contributed by atoms with Crippen LogP contribution in [0, 0.1) is 10.1 Å². The first kappa shape index (κ1) is 28.8. The van der Waals surface area contributed by atoms with Crippen LogP contribution in [-0.2, 0) is 26.2 Å². The Morgan fingerprint density at radius 2 is 1.45 bits per heavy atom. The van der Waals surface area contributed by atoms with Crippen molar-refractivity contribution in [3.8, 4) is 28.4 Å². The lowest BCUT2D eigenvalue weighted by molar-refractivity contribution is -0.385. The van der Waals surface area contributed by atoms with E-state index in [9.17, 15) is 10.1 Å². The average molecular weight is 561 g/mol. The molecule has 0 unspecified atom stereocenters. The van der Waals surface area contributed by atoms with E-state index in [1.165, 1.54) is 0 Å². The maximum atomic E-state index is 11.9. The Morgan fingerprint density at radius 3 is 2.10 bits per heavy atom. The Bertz CT molecular complexity index is 1600. The molecule has 0 bridgehead atoms. The number of nitro groups is 1. The van der Waals surface area contributed by atoms with Gasteiger partial charge in [-0.3, -0.25) is 15.0 Å². The minimum Gasteiger partial charge on any atom is -0.497 e. The monoisotopic (exact) mass is 560 g/mol. The smallest absolute Gasteiger partial charge is 0.273 e. The Balaban J connectivity index is 1.62. The van der Waals surface area contributed by atoms with Crippen LogP contribution in [0.3, 0.4) is 0 Å². The third-order valence-corrected chi connectivity index (χ3v) is 7.41. The first-order valence-electron chi connectivity index (χ1n) is 14.3. The summed E-state index contributed by atoms with van der Waals surface area (Å²) < 4.78 is 7.72. The van der Waals surface area contributed by atoms with E-state index in [0.717, 1.165) is 59.0 Å². The Morgan fingerprint density at radius 1 is 0.810 bits per heavy atom. The van der Waals surface area contributed by atoms with Crippen LogP contribution in [0.15, 0.2) is 109 Å². The fourth-order valence-electron chi connectivity index (χ4n) is 5.27. The van der Waals surface area contributed by atoms with Gasteiger partial charge in [0.25, 0.3) is 5.69 Å². The highest BCUT2D eigenvalue weighted by atomic mass is 16.6. The molecule has 1 heterocycles. The summed E-state index contributed by atoms with van der Waals surface area (Å²) in [5.41, 5.74) is 6.06. The van der Waals surface area contributed by atoms with Crippen LogP contribution in [0.5, 0.6) is 5.75 Å². The molecule has 0 amide bonds. The number of methoxy groups -OCH3 is 1. The fraction of sp³-hybridized carbons (Fsp3) is 0.229. The van der Waals surface area contributed by atoms with Gasteiger partial charge in [0, 0.05) is 48.9 Å². The maximum Gasteiger partial charge on any atom is 0.273 e. The molecule has 0 N–H and O–H groups in total. The molecule has 1 aromatic heterocycles. The Labute approximate surface area is 247 Å². The summed E-state index contributed by atoms with van der Waals surface area (Å²) in [6.07, 6.45) is 2.07. The number of hydrogen-bond acceptors (Lipinski definition) is 5. The molecule has 0 aliphatic carbocycles. The average Bonchev–Trinajstić information content (AvgIpc) is 3.39. The molecule has 214 valence electrons. The van der Waals surface area contributed by atoms with Gasteiger partial charge >= 0.3 is 0 Å². The van der Waals surface area contributed by atoms with Gasteiger partial charge in [0.1, 0.15) is 11.6 Å². The van der Waals surface area contributed by atoms with Gasteiger partial charge in [-0.15, -0.1) is 0 Å². The minimum absolute atomic E-state index is 0.130. The Kier molecular flexibility index (Phi) is 9.41. The summed E-state index contributed by atoms with van der Waals surface area (Å²) in [4.78, 5) is 19.1. The highest BCUT2D eigenvalue weighted by Crippen LogP contribution is 2.32. The molecule has 7 heteroatoms. The number of para-hydroxylation sites is 1. The molecule has 0 aliphatic rings. The van der Waals surface area contributed by atoms with E-state index >= 15 is 0 Å². The molecule has 0 radical (unpaired) electrons. The van der Waals surface area contributed by atoms with Crippen molar-refractivity contribution in [1.82, 2.24) is 14.5 Å². The number of benzene rings is 4. The van der Waals surface area contributed by atoms with E-state index in [2.05, 4.69) is 40.7 Å². The molecule has 42 heavy (non-hydrogen) atoms. The number of aromatic nitrogens is 2. The first-order valence-corrected chi connectivity index (χ1v) is 14.3. The zero-order valence-corrected chi connectivity index (χ0v) is 24.1. The summed E-state index contributed by atoms with van der Waals surface area (Å²) in [6.45, 7) is 4.60. The van der Waals surface area contributed by atoms with Crippen molar-refractivity contribution in [3.63, 3.8) is 0 Å². The van der Waals surface area contributed by atoms with Crippen molar-refractivity contribution >= 4 is 5.69 Å². The largest absolute Gasteiger partial charge is 0.497 e. The fourth-order valence-corrected chi connectivity index (χ4v) is 5.27. The van der Waals surface area contributed by atoms with E-state index in [4.69, 9.17) is 9.72 Å². The van der Waals surface area contributed by atoms with Gasteiger partial charge in [-0.05, 0) is 24.1 Å². The second-order valence-electron chi connectivity index (χ2n) is 10.3. The maximum absolute atomic E-state index is 11.9. The first-order chi connectivity index (χ1) is 20.6. The van der Waals surface area contributed by atoms with Gasteiger partial charge in [-0.1, -0.05) is 104 Å². The quantitative estimate of drug-likeness (QED) is 0.107. The highest BCUT2D eigenvalue weighted by molar-refractivity contribution is 5.68. The van der Waals surface area contributed by atoms with Crippen molar-refractivity contribution < 1.29 is 9.66 Å². The Hall–Kier alpha value is -4.75. The second kappa shape index (κ2) is 13.7. The van der Waals surface area contributed by atoms with E-state index in [1.807, 2.05) is 72.8 Å². The van der Waals surface area contributed by atoms with Crippen molar-refractivity contribution in [1.29, 1.82) is 0 Å². The summed E-state index contributed by atoms with van der Waals surface area (Å²) in [7, 11) is 1.66. The molecule has 0 aliphatic heterocycles. The molecular weight excluding hydrogens is 524 g/mol. The van der Waals surface area contributed by atoms with Gasteiger partial charge in [-0.25, -0.2) is 4.98 Å². The molecule has 5 aromatic rings. The predicted molar refractivity (Wildman–Crippen MR) is 167 cm³/mol. The van der Waals surface area contributed by atoms with Gasteiger partial charge in [0.15, 0.2) is 0 Å². The third-order valence-electron chi connectivity index (χ3n) is 7.41. The molecule has 7 nitrogen and oxygen atoms in total. The molecule has 0 spiro atoms. The lowest BCUT2D eigenvalue weighted by Gasteiger charge is -2.24. The molecule has 0 fully saturated rings. The van der Waals surface area contributed by atoms with Crippen LogP contribution in [0.25, 0.3) is 22.6 Å². The number of nitro benzene ring substituents is 1. The highest BCUT2D eigenvalue weighted by Gasteiger charge is 2.23. The van der Waals surface area contributed by atoms with Crippen LogP contribution < -0.4 is 4.74 Å². The standard InChI is InChI=1S/C35H36N4O3/c1-3-4-23-38-33(34(28-13-7-5-8-14-28)36-35(38)29-15-9-6-10-16-29)26-37(24-27-19-21-31(42-2)22-20-27)25-30-17-11-12-18-32(30)39(40)41/h5-22H,3-4,23-26H2,1-2H3. The van der Waals surface area contributed by atoms with Crippen molar-refractivity contribution in [3.05, 3.63) is 136 Å². The number of ether oxygens (including phenoxy) is 1. The molecule has 5 rings (SSSR count). The summed E-state index contributed by atoms with van der Waals surface area (Å²) in [6, 6.07) is 35.6. The zero-order chi connectivity index (χ0) is 29.3. The van der Waals surface area contributed by atoms with Gasteiger partial charge < -0.3 is 9.30 Å². The van der Waals surface area contributed by atoms with Crippen LogP contribution in [-0.4, -0.2) is 26.5 Å². The van der Waals surface area contributed by atoms with Crippen molar-refractivity contribution in [2.45, 2.75) is 45.9 Å². The normalized spacial score (nSPS) is 11.1. The van der Waals surface area contributed by atoms with Crippen LogP contribution in [0.2, 0.25) is 0 Å². The van der Waals surface area contributed by atoms with E-state index < -0.39 is 0 Å². The summed E-state index contributed by atoms with van der Waals surface area (Å²) in [5, 5.41) is 11.9. The van der Waals surface area contributed by atoms with Crippen LogP contribution in [0.1, 0.15) is 36.6 Å². The molecule has 0 saturated carbocycles. The summed E-state index contributed by atoms with van der Waals surface area (Å²) >= 11 is 0. The van der Waals surface area contributed by atoms with E-state index in [0.29, 0.717) is 25.2 Å². The van der Waals surface area contributed by atoms with Gasteiger partial charge in [0.05, 0.1) is 23.4 Å². The molecule has 0 saturated heterocycles. The van der Waals surface area contributed by atoms with Crippen molar-refractivity contribution in [2.24, 2.45) is 0 Å². The number of hydrogen-bond donors (Lipinski definition) is 0. The zero-order valence-electron chi connectivity index (χ0n) is 24.1. The lowest BCUT2D eigenvalue weighted by atomic mass is 10.1. The van der Waals surface area contributed by atoms with E-state index in [1.54, 1.807) is 19.2 Å². The SMILES string of the molecule is CCCCn1c(-c2ccccc2)nc(-c2ccccc2)c1CN(Cc1ccc(OC)cc1)Cc1ccccc1[N+](=O)[O-]. The van der Waals surface area contributed by atoms with Gasteiger partial charge in [-0.2, -0.15) is 0 Å². The number of unbranched alkanes of at least 4 members (excludes halogenated alkanes) is 1. The molecule has 0 atom stereocenters. The minimum atomic E-state index is -0.296. The third kappa shape index (κ3) is 6.75.